The first-order valence-corrected chi connectivity index (χ1v) is 4.34. The summed E-state index contributed by atoms with van der Waals surface area (Å²) in [5.41, 5.74) is 0. The van der Waals surface area contributed by atoms with E-state index in [2.05, 4.69) is 15.0 Å². The molecule has 5 nitrogen and oxygen atoms in total. The number of nitrogens with zero attached hydrogens (tertiary/aromatic N) is 1. The number of morpholine rings is 1. The molecule has 1 N–H and O–H groups in total. The number of methoxy groups -OCH3 is 1. The van der Waals surface area contributed by atoms with Gasteiger partial charge in [0.15, 0.2) is 0 Å². The summed E-state index contributed by atoms with van der Waals surface area (Å²) in [7, 11) is 3.39. The lowest BCUT2D eigenvalue weighted by Gasteiger charge is -2.29. The van der Waals surface area contributed by atoms with E-state index >= 15 is 0 Å². The van der Waals surface area contributed by atoms with Crippen molar-refractivity contribution in [1.82, 2.24) is 10.2 Å². The molecule has 1 unspecified atom stereocenters. The highest BCUT2D eigenvalue weighted by Crippen LogP contribution is 2.01. The first-order chi connectivity index (χ1) is 6.22. The summed E-state index contributed by atoms with van der Waals surface area (Å²) in [5, 5.41) is 2.61. The summed E-state index contributed by atoms with van der Waals surface area (Å²) in [6, 6.07) is 0. The van der Waals surface area contributed by atoms with Crippen LogP contribution in [0.4, 0.5) is 4.79 Å². The molecular formula is C8H16N2O3. The Morgan fingerprint density at radius 2 is 2.54 bits per heavy atom. The molecule has 0 spiro atoms. The Kier molecular flexibility index (Phi) is 3.98. The Morgan fingerprint density at radius 1 is 1.77 bits per heavy atom. The van der Waals surface area contributed by atoms with Crippen LogP contribution in [0.15, 0.2) is 0 Å². The molecular weight excluding hydrogens is 172 g/mol. The molecule has 1 atom stereocenters. The molecule has 1 fully saturated rings. The summed E-state index contributed by atoms with van der Waals surface area (Å²) in [4.78, 5) is 12.9. The van der Waals surface area contributed by atoms with Crippen molar-refractivity contribution in [2.24, 2.45) is 0 Å². The lowest BCUT2D eigenvalue weighted by molar-refractivity contribution is -0.0177. The average Bonchev–Trinajstić information content (AvgIpc) is 2.14. The van der Waals surface area contributed by atoms with Crippen molar-refractivity contribution in [3.05, 3.63) is 0 Å². The van der Waals surface area contributed by atoms with Gasteiger partial charge in [0.2, 0.25) is 0 Å². The maximum atomic E-state index is 10.7. The second-order valence-electron chi connectivity index (χ2n) is 3.13. The van der Waals surface area contributed by atoms with Gasteiger partial charge in [-0.2, -0.15) is 0 Å². The number of nitrogens with one attached hydrogen (secondary N) is 1. The molecule has 76 valence electrons. The van der Waals surface area contributed by atoms with Crippen LogP contribution in [0.3, 0.4) is 0 Å². The molecule has 5 heteroatoms. The monoisotopic (exact) mass is 188 g/mol. The number of carbonyl (C=O) groups is 1. The summed E-state index contributed by atoms with van der Waals surface area (Å²) >= 11 is 0. The second kappa shape index (κ2) is 5.04. The maximum Gasteiger partial charge on any atom is 0.406 e. The highest BCUT2D eigenvalue weighted by molar-refractivity contribution is 5.66. The zero-order valence-corrected chi connectivity index (χ0v) is 8.08. The third kappa shape index (κ3) is 3.61. The van der Waals surface area contributed by atoms with Gasteiger partial charge in [-0.3, -0.25) is 0 Å². The Morgan fingerprint density at radius 3 is 3.15 bits per heavy atom. The summed E-state index contributed by atoms with van der Waals surface area (Å²) in [6.07, 6.45) is -0.324. The fourth-order valence-corrected chi connectivity index (χ4v) is 1.26. The fourth-order valence-electron chi connectivity index (χ4n) is 1.26. The number of alkyl carbamates (subject to hydrolysis) is 1. The third-order valence-electron chi connectivity index (χ3n) is 2.00. The smallest absolute Gasteiger partial charge is 0.406 e. The standard InChI is InChI=1S/C8H16N2O3/c1-10-3-4-13-7(6-10)5-9-8(11)12-2/h7H,3-6H2,1-2H3,(H,9,11). The summed E-state index contributed by atoms with van der Waals surface area (Å²) in [5.74, 6) is 0. The predicted octanol–water partition coefficient (Wildman–Crippen LogP) is -0.327. The van der Waals surface area contributed by atoms with E-state index in [9.17, 15) is 4.79 Å². The molecule has 1 amide bonds. The molecule has 0 bridgehead atoms. The molecule has 1 aliphatic rings. The molecule has 1 heterocycles. The van der Waals surface area contributed by atoms with Crippen LogP contribution in [0.5, 0.6) is 0 Å². The minimum atomic E-state index is -0.406. The van der Waals surface area contributed by atoms with E-state index < -0.39 is 6.09 Å². The van der Waals surface area contributed by atoms with Gasteiger partial charge >= 0.3 is 6.09 Å². The lowest BCUT2D eigenvalue weighted by Crippen LogP contribution is -2.45. The van der Waals surface area contributed by atoms with Crippen molar-refractivity contribution in [2.45, 2.75) is 6.10 Å². The van der Waals surface area contributed by atoms with Crippen molar-refractivity contribution < 1.29 is 14.3 Å². The van der Waals surface area contributed by atoms with E-state index in [4.69, 9.17) is 4.74 Å². The van der Waals surface area contributed by atoms with Crippen LogP contribution in [-0.2, 0) is 9.47 Å². The minimum Gasteiger partial charge on any atom is -0.453 e. The first-order valence-electron chi connectivity index (χ1n) is 4.34. The van der Waals surface area contributed by atoms with E-state index in [1.54, 1.807) is 0 Å². The normalized spacial score (nSPS) is 24.0. The first kappa shape index (κ1) is 10.3. The number of amides is 1. The molecule has 1 saturated heterocycles. The molecule has 0 aromatic carbocycles. The van der Waals surface area contributed by atoms with Crippen LogP contribution in [0.2, 0.25) is 0 Å². The van der Waals surface area contributed by atoms with Crippen LogP contribution in [0.1, 0.15) is 0 Å². The number of carbonyl (C=O) groups excluding carboxylic acids is 1. The maximum absolute atomic E-state index is 10.7. The third-order valence-corrected chi connectivity index (χ3v) is 2.00. The SMILES string of the molecule is COC(=O)NCC1CN(C)CCO1. The number of hydrogen-bond acceptors (Lipinski definition) is 4. The van der Waals surface area contributed by atoms with Gasteiger partial charge in [0.1, 0.15) is 0 Å². The van der Waals surface area contributed by atoms with Crippen molar-refractivity contribution in [2.75, 3.05) is 40.4 Å². The molecule has 13 heavy (non-hydrogen) atoms. The summed E-state index contributed by atoms with van der Waals surface area (Å²) < 4.78 is 9.88. The number of rotatable bonds is 2. The average molecular weight is 188 g/mol. The van der Waals surface area contributed by atoms with E-state index in [1.165, 1.54) is 7.11 Å². The Labute approximate surface area is 78.0 Å². The highest BCUT2D eigenvalue weighted by atomic mass is 16.5. The molecule has 1 rings (SSSR count). The second-order valence-corrected chi connectivity index (χ2v) is 3.13. The van der Waals surface area contributed by atoms with E-state index in [-0.39, 0.29) is 6.10 Å². The molecule has 0 aromatic heterocycles. The van der Waals surface area contributed by atoms with Crippen molar-refractivity contribution in [1.29, 1.82) is 0 Å². The molecule has 0 aromatic rings. The van der Waals surface area contributed by atoms with Gasteiger partial charge in [-0.1, -0.05) is 0 Å². The highest BCUT2D eigenvalue weighted by Gasteiger charge is 2.17. The Bertz CT molecular complexity index is 175. The van der Waals surface area contributed by atoms with Gasteiger partial charge in [0.25, 0.3) is 0 Å². The summed E-state index contributed by atoms with van der Waals surface area (Å²) in [6.45, 7) is 3.04. The van der Waals surface area contributed by atoms with Gasteiger partial charge in [-0.05, 0) is 7.05 Å². The molecule has 0 aliphatic carbocycles. The van der Waals surface area contributed by atoms with Crippen molar-refractivity contribution >= 4 is 6.09 Å². The van der Waals surface area contributed by atoms with Crippen LogP contribution in [0, 0.1) is 0 Å². The quantitative estimate of drug-likeness (QED) is 0.645. The minimum absolute atomic E-state index is 0.0813. The van der Waals surface area contributed by atoms with Crippen LogP contribution >= 0.6 is 0 Å². The van der Waals surface area contributed by atoms with Gasteiger partial charge in [-0.15, -0.1) is 0 Å². The Balaban J connectivity index is 2.17. The molecule has 0 saturated carbocycles. The Hall–Kier alpha value is -0.810. The zero-order chi connectivity index (χ0) is 9.68. The number of hydrogen-bond donors (Lipinski definition) is 1. The van der Waals surface area contributed by atoms with Gasteiger partial charge < -0.3 is 19.7 Å². The van der Waals surface area contributed by atoms with Crippen molar-refractivity contribution in [3.8, 4) is 0 Å². The van der Waals surface area contributed by atoms with E-state index in [0.717, 1.165) is 19.7 Å². The van der Waals surface area contributed by atoms with Gasteiger partial charge in [0.05, 0.1) is 19.8 Å². The van der Waals surface area contributed by atoms with Crippen LogP contribution in [0.25, 0.3) is 0 Å². The van der Waals surface area contributed by atoms with Gasteiger partial charge in [0, 0.05) is 19.6 Å². The van der Waals surface area contributed by atoms with E-state index in [1.807, 2.05) is 7.05 Å². The largest absolute Gasteiger partial charge is 0.453 e. The van der Waals surface area contributed by atoms with Crippen LogP contribution in [-0.4, -0.2) is 57.5 Å². The van der Waals surface area contributed by atoms with Crippen LogP contribution < -0.4 is 5.32 Å². The number of ether oxygens (including phenoxy) is 2. The number of likely N-dealkylation sites (N-methyl/N-ethyl adjacent to an activating group) is 1. The topological polar surface area (TPSA) is 50.8 Å². The predicted molar refractivity (Wildman–Crippen MR) is 47.6 cm³/mol. The van der Waals surface area contributed by atoms with Crippen molar-refractivity contribution in [3.63, 3.8) is 0 Å². The fraction of sp³-hybridized carbons (Fsp3) is 0.875. The zero-order valence-electron chi connectivity index (χ0n) is 8.08. The lowest BCUT2D eigenvalue weighted by atomic mass is 10.3. The molecule has 1 aliphatic heterocycles. The molecule has 0 radical (unpaired) electrons. The van der Waals surface area contributed by atoms with E-state index in [0.29, 0.717) is 6.54 Å². The van der Waals surface area contributed by atoms with Gasteiger partial charge in [-0.25, -0.2) is 4.79 Å².